The molecule has 4 rings (SSSR count). The number of aromatic nitrogens is 6. The minimum absolute atomic E-state index is 0.00659. The number of hydrogen-bond donors (Lipinski definition) is 0. The molecule has 24 heavy (non-hydrogen) atoms. The number of fused-ring (bicyclic) bond motifs is 1. The lowest BCUT2D eigenvalue weighted by Crippen LogP contribution is -2.26. The van der Waals surface area contributed by atoms with Crippen molar-refractivity contribution in [3.05, 3.63) is 25.0 Å². The van der Waals surface area contributed by atoms with Crippen molar-refractivity contribution >= 4 is 17.0 Å². The fourth-order valence-electron chi connectivity index (χ4n) is 2.80. The number of hydrogen-bond acceptors (Lipinski definition) is 8. The van der Waals surface area contributed by atoms with E-state index in [1.165, 1.54) is 0 Å². The smallest absolute Gasteiger partial charge is 0.316 e. The van der Waals surface area contributed by atoms with Crippen molar-refractivity contribution in [1.82, 2.24) is 29.5 Å². The first-order chi connectivity index (χ1) is 11.7. The molecule has 0 aliphatic carbocycles. The van der Waals surface area contributed by atoms with Gasteiger partial charge in [-0.3, -0.25) is 0 Å². The average molecular weight is 327 g/mol. The van der Waals surface area contributed by atoms with Crippen molar-refractivity contribution in [1.29, 1.82) is 0 Å². The molecule has 9 heteroatoms. The molecule has 0 spiro atoms. The maximum absolute atomic E-state index is 5.86. The van der Waals surface area contributed by atoms with E-state index in [-0.39, 0.29) is 6.10 Å². The zero-order chi connectivity index (χ0) is 16.5. The number of anilines is 1. The Morgan fingerprint density at radius 2 is 1.96 bits per heavy atom. The Labute approximate surface area is 138 Å². The summed E-state index contributed by atoms with van der Waals surface area (Å²) in [5.41, 5.74) is 1.63. The largest absolute Gasteiger partial charge is 0.494 e. The second kappa shape index (κ2) is 5.91. The highest BCUT2D eigenvalue weighted by Crippen LogP contribution is 2.25. The Kier molecular flexibility index (Phi) is 3.60. The van der Waals surface area contributed by atoms with Gasteiger partial charge in [0.1, 0.15) is 12.4 Å². The maximum atomic E-state index is 5.86. The SMILES string of the molecule is COc1cnc(OC2CCN(c3ncnc4c3ncn4C)C2)nc1. The fraction of sp³-hybridized carbons (Fsp3) is 0.400. The quantitative estimate of drug-likeness (QED) is 0.695. The number of aryl methyl sites for hydroxylation is 1. The van der Waals surface area contributed by atoms with E-state index in [0.717, 1.165) is 29.9 Å². The monoisotopic (exact) mass is 327 g/mol. The molecule has 124 valence electrons. The van der Waals surface area contributed by atoms with E-state index in [4.69, 9.17) is 9.47 Å². The molecule has 1 fully saturated rings. The summed E-state index contributed by atoms with van der Waals surface area (Å²) in [6.45, 7) is 1.54. The summed E-state index contributed by atoms with van der Waals surface area (Å²) in [6.07, 6.45) is 7.38. The van der Waals surface area contributed by atoms with Gasteiger partial charge >= 0.3 is 6.01 Å². The minimum Gasteiger partial charge on any atom is -0.494 e. The molecule has 3 aromatic heterocycles. The zero-order valence-electron chi connectivity index (χ0n) is 13.5. The molecule has 0 radical (unpaired) electrons. The van der Waals surface area contributed by atoms with Crippen LogP contribution in [0.15, 0.2) is 25.0 Å². The normalized spacial score (nSPS) is 17.4. The van der Waals surface area contributed by atoms with Gasteiger partial charge in [-0.25, -0.2) is 15.0 Å². The van der Waals surface area contributed by atoms with Gasteiger partial charge in [0.2, 0.25) is 0 Å². The van der Waals surface area contributed by atoms with Crippen molar-refractivity contribution in [3.8, 4) is 11.8 Å². The van der Waals surface area contributed by atoms with Crippen molar-refractivity contribution in [2.75, 3.05) is 25.1 Å². The molecular weight excluding hydrogens is 310 g/mol. The van der Waals surface area contributed by atoms with Gasteiger partial charge in [0.05, 0.1) is 32.4 Å². The first kappa shape index (κ1) is 14.6. The zero-order valence-corrected chi connectivity index (χ0v) is 13.5. The second-order valence-corrected chi connectivity index (χ2v) is 5.60. The Balaban J connectivity index is 1.49. The molecule has 1 aliphatic rings. The lowest BCUT2D eigenvalue weighted by molar-refractivity contribution is 0.205. The lowest BCUT2D eigenvalue weighted by Gasteiger charge is -2.17. The molecule has 0 N–H and O–H groups in total. The molecule has 1 aliphatic heterocycles. The van der Waals surface area contributed by atoms with Crippen molar-refractivity contribution in [2.24, 2.45) is 7.05 Å². The van der Waals surface area contributed by atoms with Crippen LogP contribution in [-0.2, 0) is 7.05 Å². The van der Waals surface area contributed by atoms with Crippen LogP contribution >= 0.6 is 0 Å². The molecule has 3 aromatic rings. The molecule has 9 nitrogen and oxygen atoms in total. The van der Waals surface area contributed by atoms with Gasteiger partial charge in [0.25, 0.3) is 0 Å². The van der Waals surface area contributed by atoms with Gasteiger partial charge in [0, 0.05) is 20.0 Å². The topological polar surface area (TPSA) is 91.1 Å². The lowest BCUT2D eigenvalue weighted by atomic mass is 10.3. The average Bonchev–Trinajstić information content (AvgIpc) is 3.23. The van der Waals surface area contributed by atoms with Gasteiger partial charge in [0.15, 0.2) is 22.7 Å². The van der Waals surface area contributed by atoms with Gasteiger partial charge in [-0.2, -0.15) is 9.97 Å². The number of methoxy groups -OCH3 is 1. The molecular formula is C15H17N7O2. The second-order valence-electron chi connectivity index (χ2n) is 5.60. The van der Waals surface area contributed by atoms with Crippen LogP contribution in [0.2, 0.25) is 0 Å². The van der Waals surface area contributed by atoms with Crippen molar-refractivity contribution < 1.29 is 9.47 Å². The van der Waals surface area contributed by atoms with Crippen LogP contribution in [0.5, 0.6) is 11.8 Å². The van der Waals surface area contributed by atoms with Gasteiger partial charge in [-0.05, 0) is 0 Å². The number of ether oxygens (including phenoxy) is 2. The van der Waals surface area contributed by atoms with Crippen LogP contribution in [0.1, 0.15) is 6.42 Å². The van der Waals surface area contributed by atoms with Gasteiger partial charge in [-0.1, -0.05) is 0 Å². The van der Waals surface area contributed by atoms with Gasteiger partial charge < -0.3 is 18.9 Å². The molecule has 0 saturated carbocycles. The van der Waals surface area contributed by atoms with E-state index in [0.29, 0.717) is 18.3 Å². The van der Waals surface area contributed by atoms with E-state index < -0.39 is 0 Å². The summed E-state index contributed by atoms with van der Waals surface area (Å²) < 4.78 is 12.8. The van der Waals surface area contributed by atoms with Crippen LogP contribution in [0.4, 0.5) is 5.82 Å². The minimum atomic E-state index is 0.00659. The fourth-order valence-corrected chi connectivity index (χ4v) is 2.80. The van der Waals surface area contributed by atoms with Crippen LogP contribution < -0.4 is 14.4 Å². The predicted octanol–water partition coefficient (Wildman–Crippen LogP) is 0.820. The summed E-state index contributed by atoms with van der Waals surface area (Å²) >= 11 is 0. The summed E-state index contributed by atoms with van der Waals surface area (Å²) in [5, 5.41) is 0. The molecule has 0 bridgehead atoms. The van der Waals surface area contributed by atoms with Crippen LogP contribution in [0.3, 0.4) is 0 Å². The summed E-state index contributed by atoms with van der Waals surface area (Å²) in [4.78, 5) is 23.5. The number of rotatable bonds is 4. The van der Waals surface area contributed by atoms with E-state index in [2.05, 4.69) is 29.8 Å². The Bertz CT molecular complexity index is 849. The van der Waals surface area contributed by atoms with E-state index in [1.807, 2.05) is 11.6 Å². The van der Waals surface area contributed by atoms with Crippen molar-refractivity contribution in [2.45, 2.75) is 12.5 Å². The highest BCUT2D eigenvalue weighted by molar-refractivity contribution is 5.83. The Hall–Kier alpha value is -2.97. The number of nitrogens with zero attached hydrogens (tertiary/aromatic N) is 7. The molecule has 1 unspecified atom stereocenters. The third-order valence-corrected chi connectivity index (χ3v) is 4.03. The maximum Gasteiger partial charge on any atom is 0.316 e. The highest BCUT2D eigenvalue weighted by Gasteiger charge is 2.27. The number of imidazole rings is 1. The first-order valence-electron chi connectivity index (χ1n) is 7.64. The molecule has 1 atom stereocenters. The molecule has 1 saturated heterocycles. The summed E-state index contributed by atoms with van der Waals surface area (Å²) in [7, 11) is 3.50. The summed E-state index contributed by atoms with van der Waals surface area (Å²) in [5.74, 6) is 1.44. The van der Waals surface area contributed by atoms with Crippen LogP contribution in [0.25, 0.3) is 11.2 Å². The summed E-state index contributed by atoms with van der Waals surface area (Å²) in [6, 6.07) is 0.355. The highest BCUT2D eigenvalue weighted by atomic mass is 16.5. The van der Waals surface area contributed by atoms with Crippen molar-refractivity contribution in [3.63, 3.8) is 0 Å². The van der Waals surface area contributed by atoms with E-state index in [1.54, 1.807) is 32.2 Å². The van der Waals surface area contributed by atoms with E-state index in [9.17, 15) is 0 Å². The molecule has 4 heterocycles. The van der Waals surface area contributed by atoms with Crippen LogP contribution in [0, 0.1) is 0 Å². The standard InChI is InChI=1S/C15H17N7O2/c1-21-9-20-12-13(21)18-8-19-14(12)22-4-3-10(7-22)24-15-16-5-11(23-2)6-17-15/h5-6,8-10H,3-4,7H2,1-2H3. The third kappa shape index (κ3) is 2.57. The Morgan fingerprint density at radius 1 is 1.12 bits per heavy atom. The predicted molar refractivity (Wildman–Crippen MR) is 86.1 cm³/mol. The first-order valence-corrected chi connectivity index (χ1v) is 7.64. The Morgan fingerprint density at radius 3 is 2.75 bits per heavy atom. The molecule has 0 aromatic carbocycles. The van der Waals surface area contributed by atoms with E-state index >= 15 is 0 Å². The molecule has 0 amide bonds. The van der Waals surface area contributed by atoms with Crippen LogP contribution in [-0.4, -0.2) is 55.8 Å². The third-order valence-electron chi connectivity index (χ3n) is 4.03. The van der Waals surface area contributed by atoms with Gasteiger partial charge in [-0.15, -0.1) is 0 Å².